The maximum Gasteiger partial charge on any atom is 0.329 e. The third kappa shape index (κ3) is 3.71. The molecule has 2 fully saturated rings. The van der Waals surface area contributed by atoms with Crippen LogP contribution in [0.4, 0.5) is 4.39 Å². The van der Waals surface area contributed by atoms with Gasteiger partial charge in [0.05, 0.1) is 52.4 Å². The van der Waals surface area contributed by atoms with E-state index in [0.29, 0.717) is 52.4 Å². The Morgan fingerprint density at radius 3 is 2.87 bits per heavy atom. The normalized spacial score (nSPS) is 19.8. The third-order valence-corrected chi connectivity index (χ3v) is 8.65. The predicted octanol–water partition coefficient (Wildman–Crippen LogP) is 4.12. The number of likely N-dealkylation sites (tertiary alicyclic amines) is 1. The van der Waals surface area contributed by atoms with Crippen LogP contribution in [0.1, 0.15) is 32.1 Å². The van der Waals surface area contributed by atoms with Crippen LogP contribution in [-0.2, 0) is 12.6 Å². The van der Waals surface area contributed by atoms with Crippen molar-refractivity contribution >= 4 is 21.9 Å². The van der Waals surface area contributed by atoms with Crippen LogP contribution in [0.2, 0.25) is 0 Å². The zero-order valence-corrected chi connectivity index (χ0v) is 21.8. The Labute approximate surface area is 224 Å². The van der Waals surface area contributed by atoms with Gasteiger partial charge in [0.25, 0.3) is 0 Å². The molecule has 200 valence electrons. The molecule has 2 aliphatic heterocycles. The molecular weight excluding hydrogens is 499 g/mol. The van der Waals surface area contributed by atoms with E-state index in [0.717, 1.165) is 57.3 Å². The Bertz CT molecular complexity index is 1700. The van der Waals surface area contributed by atoms with E-state index in [9.17, 15) is 4.79 Å². The van der Waals surface area contributed by atoms with Gasteiger partial charge in [0.2, 0.25) is 11.9 Å². The molecule has 0 N–H and O–H groups in total. The van der Waals surface area contributed by atoms with Gasteiger partial charge in [-0.15, -0.1) is 0 Å². The molecule has 1 atom stereocenters. The van der Waals surface area contributed by atoms with E-state index in [1.54, 1.807) is 36.1 Å². The quantitative estimate of drug-likeness (QED) is 0.277. The Morgan fingerprint density at radius 2 is 2.15 bits per heavy atom. The molecule has 7 rings (SSSR count). The Hall–Kier alpha value is -3.97. The van der Waals surface area contributed by atoms with Gasteiger partial charge >= 0.3 is 5.69 Å². The summed E-state index contributed by atoms with van der Waals surface area (Å²) in [5.74, 6) is 0.434. The van der Waals surface area contributed by atoms with Gasteiger partial charge in [0.15, 0.2) is 0 Å². The molecule has 0 radical (unpaired) electrons. The van der Waals surface area contributed by atoms with Crippen LogP contribution in [0.25, 0.3) is 37.9 Å². The summed E-state index contributed by atoms with van der Waals surface area (Å²) in [6.07, 6.45) is 7.74. The van der Waals surface area contributed by atoms with Gasteiger partial charge in [-0.05, 0) is 31.7 Å². The first-order valence-electron chi connectivity index (χ1n) is 13.5. The number of fused-ring (bicyclic) bond motifs is 1. The first-order chi connectivity index (χ1) is 19.0. The van der Waals surface area contributed by atoms with Crippen LogP contribution in [0.15, 0.2) is 35.4 Å². The highest BCUT2D eigenvalue weighted by molar-refractivity contribution is 6.09. The van der Waals surface area contributed by atoms with E-state index in [1.165, 1.54) is 6.07 Å². The van der Waals surface area contributed by atoms with E-state index in [1.807, 2.05) is 4.57 Å². The summed E-state index contributed by atoms with van der Waals surface area (Å²) in [6.45, 7) is 10.7. The van der Waals surface area contributed by atoms with Crippen LogP contribution >= 0.6 is 0 Å². The lowest BCUT2D eigenvalue weighted by molar-refractivity contribution is 0.0719. The number of hydrogen-bond donors (Lipinski definition) is 0. The minimum Gasteiger partial charge on any atom is -0.490 e. The summed E-state index contributed by atoms with van der Waals surface area (Å²) in [4.78, 5) is 28.2. The van der Waals surface area contributed by atoms with E-state index in [4.69, 9.17) is 16.0 Å². The molecule has 10 heteroatoms. The van der Waals surface area contributed by atoms with Crippen molar-refractivity contribution in [1.29, 1.82) is 0 Å². The molecule has 39 heavy (non-hydrogen) atoms. The van der Waals surface area contributed by atoms with Gasteiger partial charge in [-0.1, -0.05) is 0 Å². The molecule has 4 aromatic rings. The Balaban J connectivity index is 1.20. The maximum absolute atomic E-state index is 15.7. The van der Waals surface area contributed by atoms with Crippen molar-refractivity contribution in [2.45, 2.75) is 43.7 Å². The van der Waals surface area contributed by atoms with Crippen molar-refractivity contribution < 1.29 is 13.9 Å². The fourth-order valence-corrected chi connectivity index (χ4v) is 6.36. The number of aryl methyl sites for hydroxylation is 1. The SMILES string of the molecule is [C-]#[N+][C@H]1CCN(CCCOc2ccc(-c3c(F)cc4ncc5c6c4c3OCC3(CCC3)n6c(=O)n5C)cn2)C1. The number of ether oxygens (including phenoxy) is 2. The fraction of sp³-hybridized carbons (Fsp3) is 0.448. The highest BCUT2D eigenvalue weighted by atomic mass is 19.1. The monoisotopic (exact) mass is 528 g/mol. The molecule has 0 bridgehead atoms. The summed E-state index contributed by atoms with van der Waals surface area (Å²) in [5, 5.41) is 0.660. The second-order valence-electron chi connectivity index (χ2n) is 11.0. The number of imidazole rings is 1. The number of halogens is 1. The second-order valence-corrected chi connectivity index (χ2v) is 11.0. The number of benzene rings is 1. The van der Waals surface area contributed by atoms with Crippen molar-refractivity contribution in [3.8, 4) is 22.8 Å². The smallest absolute Gasteiger partial charge is 0.329 e. The molecule has 9 nitrogen and oxygen atoms in total. The molecule has 0 amide bonds. The van der Waals surface area contributed by atoms with Crippen molar-refractivity contribution in [3.63, 3.8) is 0 Å². The van der Waals surface area contributed by atoms with Gasteiger partial charge < -0.3 is 14.3 Å². The van der Waals surface area contributed by atoms with Gasteiger partial charge in [0.1, 0.15) is 18.2 Å². The standard InChI is InChI=1S/C29H29FN6O3/c1-31-19-7-11-35(16-19)10-4-12-38-23-6-5-18(14-33-23)24-20(30)13-21-25-26-22(15-32-21)34(2)28(37)36(26)29(8-3-9-29)17-39-27(24)25/h5-6,13-15,19H,3-4,7-12,16-17H2,2H3/t19-/m0/s1. The van der Waals surface area contributed by atoms with Crippen LogP contribution < -0.4 is 15.2 Å². The number of aromatic nitrogens is 4. The fourth-order valence-electron chi connectivity index (χ4n) is 6.36. The highest BCUT2D eigenvalue weighted by Crippen LogP contribution is 2.48. The average Bonchev–Trinajstić information content (AvgIpc) is 3.43. The minimum atomic E-state index is -0.447. The minimum absolute atomic E-state index is 0.0968. The van der Waals surface area contributed by atoms with E-state index >= 15 is 4.39 Å². The van der Waals surface area contributed by atoms with E-state index in [2.05, 4.69) is 19.7 Å². The van der Waals surface area contributed by atoms with Crippen molar-refractivity contribution in [2.24, 2.45) is 7.05 Å². The first-order valence-corrected chi connectivity index (χ1v) is 13.5. The summed E-state index contributed by atoms with van der Waals surface area (Å²) in [5.41, 5.74) is 2.30. The predicted molar refractivity (Wildman–Crippen MR) is 145 cm³/mol. The summed E-state index contributed by atoms with van der Waals surface area (Å²) < 4.78 is 31.4. The summed E-state index contributed by atoms with van der Waals surface area (Å²) >= 11 is 0. The molecule has 1 aromatic carbocycles. The second kappa shape index (κ2) is 9.06. The zero-order valence-electron chi connectivity index (χ0n) is 21.8. The maximum atomic E-state index is 15.7. The van der Waals surface area contributed by atoms with Crippen molar-refractivity contribution in [1.82, 2.24) is 24.0 Å². The molecule has 1 aliphatic carbocycles. The van der Waals surface area contributed by atoms with Crippen molar-refractivity contribution in [3.05, 3.63) is 58.3 Å². The summed E-state index contributed by atoms with van der Waals surface area (Å²) in [6, 6.07) is 5.08. The third-order valence-electron chi connectivity index (χ3n) is 8.65. The van der Waals surface area contributed by atoms with Gasteiger partial charge in [0, 0.05) is 50.5 Å². The molecule has 0 unspecified atom stereocenters. The lowest BCUT2D eigenvalue weighted by Gasteiger charge is -2.41. The number of hydrogen-bond acceptors (Lipinski definition) is 6. The number of pyridine rings is 2. The Morgan fingerprint density at radius 1 is 1.28 bits per heavy atom. The summed E-state index contributed by atoms with van der Waals surface area (Å²) in [7, 11) is 1.76. The number of rotatable bonds is 6. The lowest BCUT2D eigenvalue weighted by atomic mass is 9.77. The van der Waals surface area contributed by atoms with Gasteiger partial charge in [-0.2, -0.15) is 0 Å². The highest BCUT2D eigenvalue weighted by Gasteiger charge is 2.45. The molecule has 1 saturated carbocycles. The molecular formula is C29H29FN6O3. The van der Waals surface area contributed by atoms with Crippen LogP contribution in [-0.4, -0.2) is 62.9 Å². The average molecular weight is 529 g/mol. The largest absolute Gasteiger partial charge is 0.490 e. The van der Waals surface area contributed by atoms with Gasteiger partial charge in [-0.3, -0.25) is 19.0 Å². The van der Waals surface area contributed by atoms with Crippen LogP contribution in [0.5, 0.6) is 11.6 Å². The van der Waals surface area contributed by atoms with E-state index in [-0.39, 0.29) is 11.7 Å². The topological polar surface area (TPSA) is 78.8 Å². The zero-order chi connectivity index (χ0) is 26.7. The Kier molecular flexibility index (Phi) is 5.60. The number of nitrogens with zero attached hydrogens (tertiary/aromatic N) is 6. The van der Waals surface area contributed by atoms with E-state index < -0.39 is 11.4 Å². The van der Waals surface area contributed by atoms with Crippen molar-refractivity contribution in [2.75, 3.05) is 32.8 Å². The molecule has 1 spiro atoms. The first kappa shape index (κ1) is 24.1. The van der Waals surface area contributed by atoms with Crippen LogP contribution in [0.3, 0.4) is 0 Å². The molecule has 3 aromatic heterocycles. The molecule has 3 aliphatic rings. The lowest BCUT2D eigenvalue weighted by Crippen LogP contribution is -2.50. The molecule has 1 saturated heterocycles. The molecule has 5 heterocycles. The van der Waals surface area contributed by atoms with Gasteiger partial charge in [-0.25, -0.2) is 20.7 Å². The van der Waals surface area contributed by atoms with Crippen LogP contribution in [0, 0.1) is 12.4 Å².